The molecule has 1 aliphatic heterocycles. The molecule has 0 saturated carbocycles. The molecule has 1 atom stereocenters. The van der Waals surface area contributed by atoms with Crippen molar-refractivity contribution >= 4 is 21.7 Å². The van der Waals surface area contributed by atoms with Gasteiger partial charge in [-0.25, -0.2) is 0 Å². The molecule has 1 aliphatic rings. The van der Waals surface area contributed by atoms with Crippen LogP contribution in [0.5, 0.6) is 0 Å². The number of halogens is 1. The zero-order valence-corrected chi connectivity index (χ0v) is 13.8. The molecule has 2 nitrogen and oxygen atoms in total. The number of carbonyl (C=O) groups is 1. The minimum absolute atomic E-state index is 0.0811. The number of hydrogen-bond donors (Lipinski definition) is 0. The van der Waals surface area contributed by atoms with Crippen molar-refractivity contribution in [1.82, 2.24) is 0 Å². The Morgan fingerprint density at radius 2 is 1.95 bits per heavy atom. The van der Waals surface area contributed by atoms with E-state index in [1.54, 1.807) is 0 Å². The van der Waals surface area contributed by atoms with E-state index in [0.717, 1.165) is 22.0 Å². The second-order valence-electron chi connectivity index (χ2n) is 6.55. The number of ether oxygens (including phenoxy) is 1. The van der Waals surface area contributed by atoms with Crippen LogP contribution in [-0.2, 0) is 4.74 Å². The molecule has 0 N–H and O–H groups in total. The number of hydrogen-bond acceptors (Lipinski definition) is 2. The maximum atomic E-state index is 12.8. The first-order chi connectivity index (χ1) is 8.62. The number of ketones is 1. The standard InChI is InChI=1S/C16H21BrO2/c1-10-8-11(17)6-7-12(10)14(18)13-9-15(2,3)19-16(13,4)5/h6-8,13H,9H2,1-5H3. The largest absolute Gasteiger partial charge is 0.369 e. The summed E-state index contributed by atoms with van der Waals surface area (Å²) in [5, 5.41) is 0. The van der Waals surface area contributed by atoms with E-state index in [1.807, 2.05) is 39.0 Å². The number of carbonyl (C=O) groups excluding carboxylic acids is 1. The number of rotatable bonds is 2. The first-order valence-electron chi connectivity index (χ1n) is 6.63. The van der Waals surface area contributed by atoms with Gasteiger partial charge in [0.05, 0.1) is 17.1 Å². The fourth-order valence-corrected chi connectivity index (χ4v) is 3.54. The molecule has 1 unspecified atom stereocenters. The molecule has 3 heteroatoms. The van der Waals surface area contributed by atoms with Crippen molar-refractivity contribution < 1.29 is 9.53 Å². The Morgan fingerprint density at radius 1 is 1.32 bits per heavy atom. The lowest BCUT2D eigenvalue weighted by Crippen LogP contribution is -2.34. The second-order valence-corrected chi connectivity index (χ2v) is 7.46. The zero-order valence-electron chi connectivity index (χ0n) is 12.2. The summed E-state index contributed by atoms with van der Waals surface area (Å²) in [6, 6.07) is 5.82. The lowest BCUT2D eigenvalue weighted by atomic mass is 9.81. The molecule has 0 aromatic heterocycles. The Kier molecular flexibility index (Phi) is 3.65. The first-order valence-corrected chi connectivity index (χ1v) is 7.42. The molecule has 0 amide bonds. The van der Waals surface area contributed by atoms with Gasteiger partial charge in [0.15, 0.2) is 5.78 Å². The lowest BCUT2D eigenvalue weighted by molar-refractivity contribution is -0.0712. The minimum Gasteiger partial charge on any atom is -0.369 e. The van der Waals surface area contributed by atoms with Crippen molar-refractivity contribution in [3.05, 3.63) is 33.8 Å². The molecule has 1 fully saturated rings. The van der Waals surface area contributed by atoms with Gasteiger partial charge in [0, 0.05) is 10.0 Å². The molecule has 1 aromatic carbocycles. The topological polar surface area (TPSA) is 26.3 Å². The Labute approximate surface area is 123 Å². The summed E-state index contributed by atoms with van der Waals surface area (Å²) in [6.07, 6.45) is 0.772. The van der Waals surface area contributed by atoms with Crippen LogP contribution in [0.1, 0.15) is 50.0 Å². The average Bonchev–Trinajstić information content (AvgIpc) is 2.45. The summed E-state index contributed by atoms with van der Waals surface area (Å²) < 4.78 is 7.03. The van der Waals surface area contributed by atoms with Crippen LogP contribution in [0.4, 0.5) is 0 Å². The van der Waals surface area contributed by atoms with E-state index >= 15 is 0 Å². The van der Waals surface area contributed by atoms with Crippen molar-refractivity contribution in [1.29, 1.82) is 0 Å². The molecule has 0 radical (unpaired) electrons. The quantitative estimate of drug-likeness (QED) is 0.747. The highest BCUT2D eigenvalue weighted by atomic mass is 79.9. The van der Waals surface area contributed by atoms with Crippen LogP contribution in [-0.4, -0.2) is 17.0 Å². The predicted octanol–water partition coefficient (Wildman–Crippen LogP) is 4.53. The van der Waals surface area contributed by atoms with E-state index in [0.29, 0.717) is 0 Å². The second kappa shape index (κ2) is 4.71. The van der Waals surface area contributed by atoms with Crippen LogP contribution in [0.2, 0.25) is 0 Å². The van der Waals surface area contributed by atoms with Gasteiger partial charge in [-0.1, -0.05) is 22.0 Å². The van der Waals surface area contributed by atoms with Crippen LogP contribution in [0, 0.1) is 12.8 Å². The average molecular weight is 325 g/mol. The van der Waals surface area contributed by atoms with Gasteiger partial charge in [-0.05, 0) is 58.7 Å². The Morgan fingerprint density at radius 3 is 2.42 bits per heavy atom. The van der Waals surface area contributed by atoms with Gasteiger partial charge in [-0.3, -0.25) is 4.79 Å². The molecule has 1 heterocycles. The Bertz CT molecular complexity index is 517. The van der Waals surface area contributed by atoms with Gasteiger partial charge in [-0.2, -0.15) is 0 Å². The molecule has 0 bridgehead atoms. The van der Waals surface area contributed by atoms with E-state index in [2.05, 4.69) is 29.8 Å². The SMILES string of the molecule is Cc1cc(Br)ccc1C(=O)C1CC(C)(C)OC1(C)C. The third kappa shape index (κ3) is 2.92. The molecule has 2 rings (SSSR count). The Hall–Kier alpha value is -0.670. The molecular formula is C16H21BrO2. The van der Waals surface area contributed by atoms with Crippen molar-refractivity contribution in [3.8, 4) is 0 Å². The highest BCUT2D eigenvalue weighted by Gasteiger charge is 2.49. The zero-order chi connectivity index (χ0) is 14.4. The van der Waals surface area contributed by atoms with Crippen molar-refractivity contribution in [2.24, 2.45) is 5.92 Å². The lowest BCUT2D eigenvalue weighted by Gasteiger charge is -2.26. The number of Topliss-reactive ketones (excluding diaryl/α,β-unsaturated/α-hetero) is 1. The van der Waals surface area contributed by atoms with E-state index in [-0.39, 0.29) is 17.3 Å². The normalized spacial score (nSPS) is 24.4. The summed E-state index contributed by atoms with van der Waals surface area (Å²) in [4.78, 5) is 12.8. The molecule has 104 valence electrons. The van der Waals surface area contributed by atoms with E-state index in [9.17, 15) is 4.79 Å². The van der Waals surface area contributed by atoms with Gasteiger partial charge < -0.3 is 4.74 Å². The number of aryl methyl sites for hydroxylation is 1. The highest BCUT2D eigenvalue weighted by molar-refractivity contribution is 9.10. The molecule has 0 aliphatic carbocycles. The molecule has 1 saturated heterocycles. The van der Waals surface area contributed by atoms with Crippen molar-refractivity contribution in [2.45, 2.75) is 52.2 Å². The van der Waals surface area contributed by atoms with Crippen LogP contribution in [0.25, 0.3) is 0 Å². The smallest absolute Gasteiger partial charge is 0.169 e. The Balaban J connectivity index is 2.34. The summed E-state index contributed by atoms with van der Waals surface area (Å²) in [5.74, 6) is 0.114. The van der Waals surface area contributed by atoms with Crippen LogP contribution in [0.3, 0.4) is 0 Å². The van der Waals surface area contributed by atoms with Crippen LogP contribution < -0.4 is 0 Å². The fraction of sp³-hybridized carbons (Fsp3) is 0.562. The van der Waals surface area contributed by atoms with E-state index in [1.165, 1.54) is 0 Å². The van der Waals surface area contributed by atoms with Crippen molar-refractivity contribution in [3.63, 3.8) is 0 Å². The highest BCUT2D eigenvalue weighted by Crippen LogP contribution is 2.43. The molecular weight excluding hydrogens is 304 g/mol. The summed E-state index contributed by atoms with van der Waals surface area (Å²) in [7, 11) is 0. The van der Waals surface area contributed by atoms with Gasteiger partial charge in [0.2, 0.25) is 0 Å². The van der Waals surface area contributed by atoms with Gasteiger partial charge in [-0.15, -0.1) is 0 Å². The molecule has 0 spiro atoms. The summed E-state index contributed by atoms with van der Waals surface area (Å²) >= 11 is 3.43. The fourth-order valence-electron chi connectivity index (χ4n) is 3.06. The monoisotopic (exact) mass is 324 g/mol. The van der Waals surface area contributed by atoms with E-state index < -0.39 is 5.60 Å². The van der Waals surface area contributed by atoms with Gasteiger partial charge in [0.1, 0.15) is 0 Å². The maximum Gasteiger partial charge on any atom is 0.169 e. The summed E-state index contributed by atoms with van der Waals surface area (Å²) in [6.45, 7) is 10.1. The minimum atomic E-state index is -0.403. The van der Waals surface area contributed by atoms with Gasteiger partial charge >= 0.3 is 0 Å². The predicted molar refractivity (Wildman–Crippen MR) is 80.6 cm³/mol. The van der Waals surface area contributed by atoms with E-state index in [4.69, 9.17) is 4.74 Å². The van der Waals surface area contributed by atoms with Crippen LogP contribution >= 0.6 is 15.9 Å². The third-order valence-corrected chi connectivity index (χ3v) is 4.34. The first kappa shape index (κ1) is 14.7. The number of benzene rings is 1. The van der Waals surface area contributed by atoms with Crippen LogP contribution in [0.15, 0.2) is 22.7 Å². The van der Waals surface area contributed by atoms with Crippen molar-refractivity contribution in [2.75, 3.05) is 0 Å². The summed E-state index contributed by atoms with van der Waals surface area (Å²) in [5.41, 5.74) is 1.19. The molecule has 1 aromatic rings. The maximum absolute atomic E-state index is 12.8. The third-order valence-electron chi connectivity index (χ3n) is 3.84. The molecule has 19 heavy (non-hydrogen) atoms. The van der Waals surface area contributed by atoms with Gasteiger partial charge in [0.25, 0.3) is 0 Å².